The highest BCUT2D eigenvalue weighted by Gasteiger charge is 2.55. The van der Waals surface area contributed by atoms with Gasteiger partial charge in [0.1, 0.15) is 0 Å². The van der Waals surface area contributed by atoms with Crippen LogP contribution in [0, 0.1) is 41.4 Å². The minimum Gasteiger partial charge on any atom is -0.462 e. The van der Waals surface area contributed by atoms with E-state index >= 15 is 0 Å². The van der Waals surface area contributed by atoms with Gasteiger partial charge in [-0.15, -0.1) is 0 Å². The van der Waals surface area contributed by atoms with Gasteiger partial charge in [-0.3, -0.25) is 0 Å². The minimum atomic E-state index is -0.260. The third kappa shape index (κ3) is 2.91. The molecule has 3 rings (SSSR count). The summed E-state index contributed by atoms with van der Waals surface area (Å²) in [6, 6.07) is 0. The zero-order valence-electron chi connectivity index (χ0n) is 13.6. The predicted molar refractivity (Wildman–Crippen MR) is 84.6 cm³/mol. The molecule has 0 saturated heterocycles. The Morgan fingerprint density at radius 1 is 1.24 bits per heavy atom. The molecule has 5 unspecified atom stereocenters. The van der Waals surface area contributed by atoms with E-state index in [1.54, 1.807) is 0 Å². The number of carbonyl (C=O) groups excluding carboxylic acids is 1. The molecule has 0 aromatic heterocycles. The number of hydrogen-bond donors (Lipinski definition) is 0. The molecule has 3 saturated carbocycles. The summed E-state index contributed by atoms with van der Waals surface area (Å²) in [6.07, 6.45) is 9.62. The monoisotopic (exact) mass is 290 g/mol. The second-order valence-corrected chi connectivity index (χ2v) is 7.90. The quantitative estimate of drug-likeness (QED) is 0.533. The normalized spacial score (nSPS) is 41.8. The number of carbonyl (C=O) groups is 1. The van der Waals surface area contributed by atoms with Crippen molar-refractivity contribution in [3.05, 3.63) is 12.7 Å². The zero-order chi connectivity index (χ0) is 15.0. The predicted octanol–water partition coefficient (Wildman–Crippen LogP) is 4.45. The SMILES string of the molecule is C=CC(=O)OCC1CC2C3C[C@@H](CC3CC(C)CC)[C@H]2C1. The van der Waals surface area contributed by atoms with E-state index in [0.29, 0.717) is 12.5 Å². The van der Waals surface area contributed by atoms with E-state index < -0.39 is 0 Å². The van der Waals surface area contributed by atoms with E-state index in [2.05, 4.69) is 20.4 Å². The Labute approximate surface area is 129 Å². The van der Waals surface area contributed by atoms with Crippen LogP contribution in [0.5, 0.6) is 0 Å². The van der Waals surface area contributed by atoms with Gasteiger partial charge in [0.2, 0.25) is 0 Å². The van der Waals surface area contributed by atoms with Gasteiger partial charge in [-0.25, -0.2) is 4.79 Å². The molecule has 118 valence electrons. The summed E-state index contributed by atoms with van der Waals surface area (Å²) in [5, 5.41) is 0. The molecule has 0 aromatic carbocycles. The fraction of sp³-hybridized carbons (Fsp3) is 0.842. The summed E-state index contributed by atoms with van der Waals surface area (Å²) in [4.78, 5) is 11.2. The molecule has 3 aliphatic carbocycles. The molecule has 0 N–H and O–H groups in total. The molecular formula is C19H30O2. The third-order valence-corrected chi connectivity index (χ3v) is 6.73. The maximum Gasteiger partial charge on any atom is 0.330 e. The van der Waals surface area contributed by atoms with Crippen molar-refractivity contribution in [2.75, 3.05) is 6.61 Å². The van der Waals surface area contributed by atoms with Crippen LogP contribution in [0.2, 0.25) is 0 Å². The van der Waals surface area contributed by atoms with E-state index in [-0.39, 0.29) is 5.97 Å². The van der Waals surface area contributed by atoms with Crippen LogP contribution in [0.15, 0.2) is 12.7 Å². The molecule has 0 aromatic rings. The van der Waals surface area contributed by atoms with Crippen LogP contribution in [0.1, 0.15) is 52.4 Å². The largest absolute Gasteiger partial charge is 0.462 e. The minimum absolute atomic E-state index is 0.260. The summed E-state index contributed by atoms with van der Waals surface area (Å²) in [6.45, 7) is 8.82. The molecule has 0 radical (unpaired) electrons. The van der Waals surface area contributed by atoms with Crippen LogP contribution in [0.3, 0.4) is 0 Å². The molecule has 7 atom stereocenters. The van der Waals surface area contributed by atoms with Crippen LogP contribution in [-0.2, 0) is 9.53 Å². The second kappa shape index (κ2) is 6.14. The van der Waals surface area contributed by atoms with Crippen molar-refractivity contribution < 1.29 is 9.53 Å². The molecule has 0 heterocycles. The molecule has 21 heavy (non-hydrogen) atoms. The molecule has 3 aliphatic rings. The summed E-state index contributed by atoms with van der Waals surface area (Å²) in [5.74, 6) is 6.06. The van der Waals surface area contributed by atoms with E-state index in [0.717, 1.165) is 35.5 Å². The van der Waals surface area contributed by atoms with E-state index in [1.165, 1.54) is 44.6 Å². The summed E-state index contributed by atoms with van der Waals surface area (Å²) >= 11 is 0. The lowest BCUT2D eigenvalue weighted by Crippen LogP contribution is -2.25. The molecule has 0 spiro atoms. The van der Waals surface area contributed by atoms with Gasteiger partial charge in [0, 0.05) is 6.08 Å². The lowest BCUT2D eigenvalue weighted by Gasteiger charge is -2.32. The van der Waals surface area contributed by atoms with E-state index in [4.69, 9.17) is 4.74 Å². The van der Waals surface area contributed by atoms with Gasteiger partial charge >= 0.3 is 5.97 Å². The molecule has 0 aliphatic heterocycles. The topological polar surface area (TPSA) is 26.3 Å². The zero-order valence-corrected chi connectivity index (χ0v) is 13.6. The van der Waals surface area contributed by atoms with Gasteiger partial charge < -0.3 is 4.74 Å². The van der Waals surface area contributed by atoms with Gasteiger partial charge in [-0.2, -0.15) is 0 Å². The van der Waals surface area contributed by atoms with Crippen molar-refractivity contribution in [3.63, 3.8) is 0 Å². The lowest BCUT2D eigenvalue weighted by atomic mass is 9.73. The Morgan fingerprint density at radius 2 is 2.00 bits per heavy atom. The Morgan fingerprint density at radius 3 is 2.71 bits per heavy atom. The summed E-state index contributed by atoms with van der Waals surface area (Å²) < 4.78 is 5.28. The molecule has 3 fully saturated rings. The third-order valence-electron chi connectivity index (χ3n) is 6.73. The molecule has 2 heteroatoms. The first-order chi connectivity index (χ1) is 10.1. The highest BCUT2D eigenvalue weighted by atomic mass is 16.5. The van der Waals surface area contributed by atoms with Gasteiger partial charge in [0.05, 0.1) is 6.61 Å². The molecule has 2 nitrogen and oxygen atoms in total. The number of esters is 1. The van der Waals surface area contributed by atoms with Crippen LogP contribution < -0.4 is 0 Å². The van der Waals surface area contributed by atoms with Gasteiger partial charge in [0.15, 0.2) is 0 Å². The van der Waals surface area contributed by atoms with Gasteiger partial charge in [-0.05, 0) is 73.5 Å². The van der Waals surface area contributed by atoms with E-state index in [9.17, 15) is 4.79 Å². The average Bonchev–Trinajstić information content (AvgIpc) is 3.14. The standard InChI is InChI=1S/C19H30O2/c1-4-12(3)6-14-9-15-10-17(14)18-8-13(7-16(15)18)11-21-19(20)5-2/h5,12-18H,2,4,6-11H2,1,3H3/t12?,13?,14?,15-,16-,17?,18?/m1/s1. The fourth-order valence-corrected chi connectivity index (χ4v) is 5.68. The maximum absolute atomic E-state index is 11.2. The number of ether oxygens (including phenoxy) is 1. The van der Waals surface area contributed by atoms with Crippen molar-refractivity contribution in [2.24, 2.45) is 41.4 Å². The Kier molecular flexibility index (Phi) is 4.42. The van der Waals surface area contributed by atoms with Crippen molar-refractivity contribution in [3.8, 4) is 0 Å². The van der Waals surface area contributed by atoms with Crippen molar-refractivity contribution in [1.82, 2.24) is 0 Å². The fourth-order valence-electron chi connectivity index (χ4n) is 5.68. The van der Waals surface area contributed by atoms with Crippen molar-refractivity contribution >= 4 is 5.97 Å². The number of fused-ring (bicyclic) bond motifs is 5. The first kappa shape index (κ1) is 15.1. The Bertz CT molecular complexity index is 402. The van der Waals surface area contributed by atoms with Crippen LogP contribution in [-0.4, -0.2) is 12.6 Å². The van der Waals surface area contributed by atoms with Crippen LogP contribution in [0.25, 0.3) is 0 Å². The Balaban J connectivity index is 1.54. The van der Waals surface area contributed by atoms with Crippen molar-refractivity contribution in [2.45, 2.75) is 52.4 Å². The number of hydrogen-bond acceptors (Lipinski definition) is 2. The van der Waals surface area contributed by atoms with Crippen LogP contribution >= 0.6 is 0 Å². The van der Waals surface area contributed by atoms with Gasteiger partial charge in [0.25, 0.3) is 0 Å². The highest BCUT2D eigenvalue weighted by molar-refractivity contribution is 5.81. The first-order valence-corrected chi connectivity index (χ1v) is 8.91. The first-order valence-electron chi connectivity index (χ1n) is 8.91. The van der Waals surface area contributed by atoms with Crippen LogP contribution in [0.4, 0.5) is 0 Å². The van der Waals surface area contributed by atoms with Crippen molar-refractivity contribution in [1.29, 1.82) is 0 Å². The van der Waals surface area contributed by atoms with E-state index in [1.807, 2.05) is 0 Å². The molecular weight excluding hydrogens is 260 g/mol. The summed E-state index contributed by atoms with van der Waals surface area (Å²) in [7, 11) is 0. The average molecular weight is 290 g/mol. The molecule has 2 bridgehead atoms. The lowest BCUT2D eigenvalue weighted by molar-refractivity contribution is -0.139. The maximum atomic E-state index is 11.2. The second-order valence-electron chi connectivity index (χ2n) is 7.90. The van der Waals surface area contributed by atoms with Gasteiger partial charge in [-0.1, -0.05) is 26.8 Å². The Hall–Kier alpha value is -0.790. The number of rotatable bonds is 6. The highest BCUT2D eigenvalue weighted by Crippen LogP contribution is 2.63. The summed E-state index contributed by atoms with van der Waals surface area (Å²) in [5.41, 5.74) is 0. The smallest absolute Gasteiger partial charge is 0.330 e. The molecule has 0 amide bonds.